The minimum absolute atomic E-state index is 0.310. The minimum atomic E-state index is 0.310. The summed E-state index contributed by atoms with van der Waals surface area (Å²) in [6.45, 7) is 3.22. The lowest BCUT2D eigenvalue weighted by atomic mass is 9.75. The van der Waals surface area contributed by atoms with Crippen molar-refractivity contribution in [2.75, 3.05) is 20.3 Å². The van der Waals surface area contributed by atoms with Gasteiger partial charge in [-0.2, -0.15) is 0 Å². The quantitative estimate of drug-likeness (QED) is 0.499. The molecule has 0 aliphatic heterocycles. The zero-order chi connectivity index (χ0) is 18.6. The monoisotopic (exact) mass is 358 g/mol. The van der Waals surface area contributed by atoms with Gasteiger partial charge in [0.15, 0.2) is 0 Å². The summed E-state index contributed by atoms with van der Waals surface area (Å²) in [5.74, 6) is 2.20. The second-order valence-corrected chi connectivity index (χ2v) is 7.96. The van der Waals surface area contributed by atoms with Crippen LogP contribution in [0.4, 0.5) is 0 Å². The van der Waals surface area contributed by atoms with Crippen LogP contribution in [0.2, 0.25) is 0 Å². The Kier molecular flexibility index (Phi) is 10.0. The molecule has 26 heavy (non-hydrogen) atoms. The zero-order valence-corrected chi connectivity index (χ0v) is 16.8. The van der Waals surface area contributed by atoms with E-state index in [0.29, 0.717) is 12.5 Å². The van der Waals surface area contributed by atoms with Gasteiger partial charge in [0.25, 0.3) is 0 Å². The van der Waals surface area contributed by atoms with Crippen LogP contribution >= 0.6 is 0 Å². The molecule has 1 aliphatic carbocycles. The lowest BCUT2D eigenvalue weighted by Gasteiger charge is -2.31. The fourth-order valence-corrected chi connectivity index (χ4v) is 4.42. The first-order valence-electron chi connectivity index (χ1n) is 10.6. The van der Waals surface area contributed by atoms with Crippen LogP contribution in [0.5, 0.6) is 0 Å². The number of aliphatic hydroxyl groups excluding tert-OH is 1. The summed E-state index contributed by atoms with van der Waals surface area (Å²) in [5.41, 5.74) is 2.98. The van der Waals surface area contributed by atoms with Crippen LogP contribution in [0, 0.1) is 11.8 Å². The summed E-state index contributed by atoms with van der Waals surface area (Å²) in [7, 11) is 1.77. The van der Waals surface area contributed by atoms with Crippen molar-refractivity contribution in [2.45, 2.75) is 70.6 Å². The lowest BCUT2D eigenvalue weighted by molar-refractivity contribution is 0.148. The maximum absolute atomic E-state index is 9.30. The third kappa shape index (κ3) is 7.25. The van der Waals surface area contributed by atoms with E-state index in [0.717, 1.165) is 44.1 Å². The second kappa shape index (κ2) is 12.3. The molecule has 1 unspecified atom stereocenters. The van der Waals surface area contributed by atoms with Gasteiger partial charge in [0, 0.05) is 20.3 Å². The lowest BCUT2D eigenvalue weighted by Crippen LogP contribution is -2.18. The van der Waals surface area contributed by atoms with Crippen molar-refractivity contribution >= 4 is 0 Å². The molecule has 0 aromatic heterocycles. The molecule has 1 aromatic rings. The van der Waals surface area contributed by atoms with Gasteiger partial charge in [-0.3, -0.25) is 0 Å². The van der Waals surface area contributed by atoms with E-state index in [4.69, 9.17) is 4.74 Å². The van der Waals surface area contributed by atoms with Gasteiger partial charge >= 0.3 is 0 Å². The van der Waals surface area contributed by atoms with Gasteiger partial charge in [0.05, 0.1) is 0 Å². The molecule has 2 nitrogen and oxygen atoms in total. The third-order valence-electron chi connectivity index (χ3n) is 6.07. The van der Waals surface area contributed by atoms with Gasteiger partial charge in [0.2, 0.25) is 0 Å². The normalized spacial score (nSPS) is 22.0. The summed E-state index contributed by atoms with van der Waals surface area (Å²) in [4.78, 5) is 0. The van der Waals surface area contributed by atoms with Crippen LogP contribution in [0.3, 0.4) is 0 Å². The number of rotatable bonds is 11. The number of methoxy groups -OCH3 is 1. The van der Waals surface area contributed by atoms with E-state index in [2.05, 4.69) is 43.3 Å². The zero-order valence-electron chi connectivity index (χ0n) is 16.8. The summed E-state index contributed by atoms with van der Waals surface area (Å²) < 4.78 is 5.24. The van der Waals surface area contributed by atoms with Gasteiger partial charge < -0.3 is 9.84 Å². The molecule has 1 atom stereocenters. The molecule has 0 heterocycles. The second-order valence-electron chi connectivity index (χ2n) is 7.96. The van der Waals surface area contributed by atoms with E-state index in [1.807, 2.05) is 0 Å². The fraction of sp³-hybridized carbons (Fsp3) is 0.667. The molecule has 1 saturated carbocycles. The fourth-order valence-electron chi connectivity index (χ4n) is 4.42. The molecule has 1 aliphatic rings. The van der Waals surface area contributed by atoms with Crippen molar-refractivity contribution < 1.29 is 9.84 Å². The highest BCUT2D eigenvalue weighted by Crippen LogP contribution is 2.39. The Hall–Kier alpha value is -1.12. The van der Waals surface area contributed by atoms with Crippen molar-refractivity contribution in [1.82, 2.24) is 0 Å². The maximum Gasteiger partial charge on any atom is 0.0464 e. The standard InChI is InChI=1S/C24H38O2/c1-3-4-5-6-20-7-11-23(12-8-20)24-13-9-21(10-14-24)19-22(15-17-25)16-18-26-2/h3-4,7-8,11-12,21-22,24-25H,5-6,9-10,13-19H2,1-2H3/b4-3+. The summed E-state index contributed by atoms with van der Waals surface area (Å²) in [5, 5.41) is 9.30. The average molecular weight is 359 g/mol. The Bertz CT molecular complexity index is 497. The van der Waals surface area contributed by atoms with E-state index >= 15 is 0 Å². The van der Waals surface area contributed by atoms with Crippen molar-refractivity contribution in [3.8, 4) is 0 Å². The molecule has 0 amide bonds. The number of aryl methyl sites for hydroxylation is 1. The highest BCUT2D eigenvalue weighted by atomic mass is 16.5. The Morgan fingerprint density at radius 2 is 1.85 bits per heavy atom. The van der Waals surface area contributed by atoms with Crippen LogP contribution in [-0.2, 0) is 11.2 Å². The Morgan fingerprint density at radius 3 is 2.46 bits per heavy atom. The van der Waals surface area contributed by atoms with E-state index in [1.165, 1.54) is 43.2 Å². The average Bonchev–Trinajstić information content (AvgIpc) is 2.68. The number of aliphatic hydroxyl groups is 1. The molecule has 2 rings (SSSR count). The summed E-state index contributed by atoms with van der Waals surface area (Å²) >= 11 is 0. The number of allylic oxidation sites excluding steroid dienone is 2. The van der Waals surface area contributed by atoms with Crippen molar-refractivity contribution in [3.63, 3.8) is 0 Å². The Labute approximate surface area is 160 Å². The molecule has 0 radical (unpaired) electrons. The van der Waals surface area contributed by atoms with Crippen molar-refractivity contribution in [3.05, 3.63) is 47.5 Å². The van der Waals surface area contributed by atoms with Gasteiger partial charge in [-0.1, -0.05) is 36.4 Å². The molecule has 1 N–H and O–H groups in total. The van der Waals surface area contributed by atoms with Crippen LogP contribution in [0.25, 0.3) is 0 Å². The highest BCUT2D eigenvalue weighted by molar-refractivity contribution is 5.26. The third-order valence-corrected chi connectivity index (χ3v) is 6.07. The maximum atomic E-state index is 9.30. The highest BCUT2D eigenvalue weighted by Gasteiger charge is 2.24. The van der Waals surface area contributed by atoms with E-state index in [9.17, 15) is 5.11 Å². The molecule has 0 bridgehead atoms. The van der Waals surface area contributed by atoms with Crippen molar-refractivity contribution in [2.24, 2.45) is 11.8 Å². The molecular weight excluding hydrogens is 320 g/mol. The molecule has 1 aromatic carbocycles. The molecule has 1 fully saturated rings. The molecule has 0 spiro atoms. The van der Waals surface area contributed by atoms with Crippen LogP contribution in [-0.4, -0.2) is 25.4 Å². The first-order valence-corrected chi connectivity index (χ1v) is 10.6. The van der Waals surface area contributed by atoms with E-state index in [1.54, 1.807) is 7.11 Å². The van der Waals surface area contributed by atoms with Gasteiger partial charge in [-0.25, -0.2) is 0 Å². The van der Waals surface area contributed by atoms with Crippen LogP contribution < -0.4 is 0 Å². The van der Waals surface area contributed by atoms with Crippen molar-refractivity contribution in [1.29, 1.82) is 0 Å². The largest absolute Gasteiger partial charge is 0.396 e. The van der Waals surface area contributed by atoms with Crippen LogP contribution in [0.15, 0.2) is 36.4 Å². The minimum Gasteiger partial charge on any atom is -0.396 e. The number of hydrogen-bond donors (Lipinski definition) is 1. The van der Waals surface area contributed by atoms with E-state index in [-0.39, 0.29) is 0 Å². The Balaban J connectivity index is 1.78. The SMILES string of the molecule is C/C=C/CCc1ccc(C2CCC(CC(CCO)CCOC)CC2)cc1. The number of benzene rings is 1. The molecule has 0 saturated heterocycles. The first-order chi connectivity index (χ1) is 12.8. The van der Waals surface area contributed by atoms with Gasteiger partial charge in [-0.15, -0.1) is 0 Å². The van der Waals surface area contributed by atoms with Crippen LogP contribution in [0.1, 0.15) is 75.3 Å². The molecule has 2 heteroatoms. The number of hydrogen-bond acceptors (Lipinski definition) is 2. The summed E-state index contributed by atoms with van der Waals surface area (Å²) in [6, 6.07) is 9.38. The number of ether oxygens (including phenoxy) is 1. The smallest absolute Gasteiger partial charge is 0.0464 e. The summed E-state index contributed by atoms with van der Waals surface area (Å²) in [6.07, 6.45) is 15.2. The van der Waals surface area contributed by atoms with Gasteiger partial charge in [0.1, 0.15) is 0 Å². The van der Waals surface area contributed by atoms with E-state index < -0.39 is 0 Å². The predicted octanol–water partition coefficient (Wildman–Crippen LogP) is 5.89. The first kappa shape index (κ1) is 21.2. The Morgan fingerprint density at radius 1 is 1.12 bits per heavy atom. The van der Waals surface area contributed by atoms with Gasteiger partial charge in [-0.05, 0) is 93.6 Å². The topological polar surface area (TPSA) is 29.5 Å². The predicted molar refractivity (Wildman–Crippen MR) is 111 cm³/mol. The molecule has 146 valence electrons. The molecular formula is C24H38O2.